The Labute approximate surface area is 172 Å². The molecule has 0 spiro atoms. The average molecular weight is 417 g/mol. The monoisotopic (exact) mass is 416 g/mol. The van der Waals surface area contributed by atoms with Crippen molar-refractivity contribution in [2.45, 2.75) is 37.0 Å². The Hall–Kier alpha value is -2.38. The summed E-state index contributed by atoms with van der Waals surface area (Å²) >= 11 is 0. The predicted octanol–water partition coefficient (Wildman–Crippen LogP) is 3.40. The van der Waals surface area contributed by atoms with Crippen molar-refractivity contribution in [3.05, 3.63) is 59.7 Å². The number of nitrogens with one attached hydrogen (secondary N) is 1. The second kappa shape index (κ2) is 9.41. The lowest BCUT2D eigenvalue weighted by Gasteiger charge is -2.27. The average Bonchev–Trinajstić information content (AvgIpc) is 2.77. The standard InChI is InChI=1S/C22H28N2O4S/c1-17(18-9-5-3-6-10-18)16-23-29(26,27)19-11-12-21(28-2)20(15-19)22(25)24-13-7-4-8-14-24/h3,5-6,9-12,15,17,23H,4,7-8,13-14,16H2,1-2H3/t17-/m0/s1. The maximum atomic E-state index is 12.9. The minimum Gasteiger partial charge on any atom is -0.496 e. The van der Waals surface area contributed by atoms with Crippen molar-refractivity contribution in [3.63, 3.8) is 0 Å². The molecule has 0 bridgehead atoms. The molecule has 0 unspecified atom stereocenters. The van der Waals surface area contributed by atoms with Crippen molar-refractivity contribution >= 4 is 15.9 Å². The number of hydrogen-bond acceptors (Lipinski definition) is 4. The number of ether oxygens (including phenoxy) is 1. The summed E-state index contributed by atoms with van der Waals surface area (Å²) in [5.41, 5.74) is 1.35. The number of rotatable bonds is 7. The molecule has 2 aromatic carbocycles. The van der Waals surface area contributed by atoms with Gasteiger partial charge in [0, 0.05) is 19.6 Å². The van der Waals surface area contributed by atoms with E-state index < -0.39 is 10.0 Å². The van der Waals surface area contributed by atoms with Gasteiger partial charge in [-0.1, -0.05) is 37.3 Å². The number of carbonyl (C=O) groups excluding carboxylic acids is 1. The number of piperidine rings is 1. The Morgan fingerprint density at radius 3 is 2.45 bits per heavy atom. The smallest absolute Gasteiger partial charge is 0.257 e. The van der Waals surface area contributed by atoms with Crippen LogP contribution in [-0.2, 0) is 10.0 Å². The van der Waals surface area contributed by atoms with Crippen molar-refractivity contribution in [1.82, 2.24) is 9.62 Å². The highest BCUT2D eigenvalue weighted by molar-refractivity contribution is 7.89. The van der Waals surface area contributed by atoms with Gasteiger partial charge in [0.25, 0.3) is 5.91 Å². The number of benzene rings is 2. The number of nitrogens with zero attached hydrogens (tertiary/aromatic N) is 1. The Balaban J connectivity index is 1.79. The van der Waals surface area contributed by atoms with Gasteiger partial charge in [-0.05, 0) is 48.9 Å². The molecule has 3 rings (SSSR count). The normalized spacial score (nSPS) is 15.7. The third-order valence-corrected chi connectivity index (χ3v) is 6.72. The van der Waals surface area contributed by atoms with Gasteiger partial charge in [0.05, 0.1) is 17.6 Å². The van der Waals surface area contributed by atoms with Gasteiger partial charge < -0.3 is 9.64 Å². The molecule has 29 heavy (non-hydrogen) atoms. The number of carbonyl (C=O) groups is 1. The van der Waals surface area contributed by atoms with E-state index in [9.17, 15) is 13.2 Å². The lowest BCUT2D eigenvalue weighted by Crippen LogP contribution is -2.36. The Kier molecular flexibility index (Phi) is 6.92. The Bertz CT molecular complexity index is 939. The lowest BCUT2D eigenvalue weighted by atomic mass is 10.0. The van der Waals surface area contributed by atoms with Crippen LogP contribution in [0, 0.1) is 0 Å². The lowest BCUT2D eigenvalue weighted by molar-refractivity contribution is 0.0720. The van der Waals surface area contributed by atoms with Crippen LogP contribution in [0.1, 0.15) is 48.0 Å². The summed E-state index contributed by atoms with van der Waals surface area (Å²) in [6.45, 7) is 3.61. The fourth-order valence-electron chi connectivity index (χ4n) is 3.51. The molecule has 1 heterocycles. The van der Waals surface area contributed by atoms with Crippen molar-refractivity contribution < 1.29 is 17.9 Å². The van der Waals surface area contributed by atoms with E-state index in [-0.39, 0.29) is 28.8 Å². The molecule has 1 N–H and O–H groups in total. The molecule has 6 nitrogen and oxygen atoms in total. The van der Waals surface area contributed by atoms with Gasteiger partial charge in [-0.15, -0.1) is 0 Å². The summed E-state index contributed by atoms with van der Waals surface area (Å²) in [4.78, 5) is 14.8. The van der Waals surface area contributed by atoms with Crippen LogP contribution in [0.3, 0.4) is 0 Å². The van der Waals surface area contributed by atoms with Gasteiger partial charge in [0.1, 0.15) is 5.75 Å². The van der Waals surface area contributed by atoms with E-state index in [4.69, 9.17) is 4.74 Å². The van der Waals surface area contributed by atoms with E-state index in [1.165, 1.54) is 19.2 Å². The fourth-order valence-corrected chi connectivity index (χ4v) is 4.66. The summed E-state index contributed by atoms with van der Waals surface area (Å²) in [5, 5.41) is 0. The highest BCUT2D eigenvalue weighted by Gasteiger charge is 2.24. The first-order valence-electron chi connectivity index (χ1n) is 9.94. The van der Waals surface area contributed by atoms with Gasteiger partial charge in [0.2, 0.25) is 10.0 Å². The van der Waals surface area contributed by atoms with Crippen LogP contribution < -0.4 is 9.46 Å². The van der Waals surface area contributed by atoms with Gasteiger partial charge in [-0.25, -0.2) is 13.1 Å². The maximum Gasteiger partial charge on any atom is 0.257 e. The van der Waals surface area contributed by atoms with Crippen LogP contribution in [0.15, 0.2) is 53.4 Å². The van der Waals surface area contributed by atoms with Crippen LogP contribution in [0.5, 0.6) is 5.75 Å². The highest BCUT2D eigenvalue weighted by atomic mass is 32.2. The van der Waals surface area contributed by atoms with Gasteiger partial charge >= 0.3 is 0 Å². The molecule has 7 heteroatoms. The number of sulfonamides is 1. The molecule has 2 aromatic rings. The molecule has 0 aliphatic carbocycles. The van der Waals surface area contributed by atoms with Crippen LogP contribution in [0.4, 0.5) is 0 Å². The largest absolute Gasteiger partial charge is 0.496 e. The molecule has 0 radical (unpaired) electrons. The fraction of sp³-hybridized carbons (Fsp3) is 0.409. The number of amides is 1. The molecule has 1 aliphatic heterocycles. The molecule has 1 amide bonds. The van der Waals surface area contributed by atoms with E-state index >= 15 is 0 Å². The van der Waals surface area contributed by atoms with Crippen molar-refractivity contribution in [1.29, 1.82) is 0 Å². The number of likely N-dealkylation sites (tertiary alicyclic amines) is 1. The minimum absolute atomic E-state index is 0.0266. The molecule has 156 valence electrons. The molecule has 1 saturated heterocycles. The molecule has 1 fully saturated rings. The quantitative estimate of drug-likeness (QED) is 0.751. The van der Waals surface area contributed by atoms with Gasteiger partial charge in [-0.2, -0.15) is 0 Å². The first-order chi connectivity index (χ1) is 13.9. The summed E-state index contributed by atoms with van der Waals surface area (Å²) < 4.78 is 33.7. The van der Waals surface area contributed by atoms with Gasteiger partial charge in [0.15, 0.2) is 0 Å². The van der Waals surface area contributed by atoms with E-state index in [2.05, 4.69) is 4.72 Å². The van der Waals surface area contributed by atoms with Crippen LogP contribution in [0.2, 0.25) is 0 Å². The zero-order chi connectivity index (χ0) is 20.9. The Morgan fingerprint density at radius 2 is 1.79 bits per heavy atom. The van der Waals surface area contributed by atoms with E-state index in [0.717, 1.165) is 24.8 Å². The first kappa shape index (κ1) is 21.3. The first-order valence-corrected chi connectivity index (χ1v) is 11.4. The summed E-state index contributed by atoms with van der Waals surface area (Å²) in [5.74, 6) is 0.229. The number of hydrogen-bond donors (Lipinski definition) is 1. The molecule has 0 saturated carbocycles. The highest BCUT2D eigenvalue weighted by Crippen LogP contribution is 2.25. The summed E-state index contributed by atoms with van der Waals surface area (Å²) in [7, 11) is -2.27. The van der Waals surface area contributed by atoms with Crippen molar-refractivity contribution in [2.75, 3.05) is 26.7 Å². The van der Waals surface area contributed by atoms with Crippen molar-refractivity contribution in [2.24, 2.45) is 0 Å². The SMILES string of the molecule is COc1ccc(S(=O)(=O)NC[C@H](C)c2ccccc2)cc1C(=O)N1CCCCC1. The van der Waals surface area contributed by atoms with Crippen molar-refractivity contribution in [3.8, 4) is 5.75 Å². The molecular weight excluding hydrogens is 388 g/mol. The maximum absolute atomic E-state index is 12.9. The van der Waals surface area contributed by atoms with E-state index in [1.54, 1.807) is 11.0 Å². The molecule has 0 aromatic heterocycles. The zero-order valence-electron chi connectivity index (χ0n) is 16.9. The number of methoxy groups -OCH3 is 1. The second-order valence-electron chi connectivity index (χ2n) is 7.38. The summed E-state index contributed by atoms with van der Waals surface area (Å²) in [6.07, 6.45) is 3.04. The summed E-state index contributed by atoms with van der Waals surface area (Å²) in [6, 6.07) is 14.2. The molecule has 1 aliphatic rings. The van der Waals surface area contributed by atoms with E-state index in [1.807, 2.05) is 37.3 Å². The van der Waals surface area contributed by atoms with Crippen LogP contribution >= 0.6 is 0 Å². The third kappa shape index (κ3) is 5.16. The second-order valence-corrected chi connectivity index (χ2v) is 9.15. The third-order valence-electron chi connectivity index (χ3n) is 5.30. The minimum atomic E-state index is -3.75. The molecular formula is C22H28N2O4S. The van der Waals surface area contributed by atoms with Crippen LogP contribution in [-0.4, -0.2) is 46.0 Å². The zero-order valence-corrected chi connectivity index (χ0v) is 17.7. The van der Waals surface area contributed by atoms with Gasteiger partial charge in [-0.3, -0.25) is 4.79 Å². The van der Waals surface area contributed by atoms with Crippen LogP contribution in [0.25, 0.3) is 0 Å². The topological polar surface area (TPSA) is 75.7 Å². The predicted molar refractivity (Wildman–Crippen MR) is 113 cm³/mol. The molecule has 1 atom stereocenters. The Morgan fingerprint density at radius 1 is 1.10 bits per heavy atom. The van der Waals surface area contributed by atoms with E-state index in [0.29, 0.717) is 18.8 Å².